The monoisotopic (exact) mass is 607 g/mol. The molecule has 0 heterocycles. The maximum absolute atomic E-state index is 13.3. The quantitative estimate of drug-likeness (QED) is 0.289. The van der Waals surface area contributed by atoms with Crippen molar-refractivity contribution in [1.82, 2.24) is 10.6 Å². The molecule has 2 aromatic carbocycles. The summed E-state index contributed by atoms with van der Waals surface area (Å²) in [6.45, 7) is 6.08. The molecule has 2 aliphatic rings. The van der Waals surface area contributed by atoms with Crippen molar-refractivity contribution in [2.24, 2.45) is 17.3 Å². The van der Waals surface area contributed by atoms with Gasteiger partial charge in [-0.2, -0.15) is 13.2 Å². The molecular formula is C31H37ClF3N3O4. The lowest BCUT2D eigenvalue weighted by molar-refractivity contribution is -0.182. The first-order valence-corrected chi connectivity index (χ1v) is 14.6. The maximum Gasteiger partial charge on any atom is 0.391 e. The summed E-state index contributed by atoms with van der Waals surface area (Å²) in [7, 11) is 0. The number of amides is 3. The van der Waals surface area contributed by atoms with Gasteiger partial charge in [-0.05, 0) is 80.3 Å². The third kappa shape index (κ3) is 8.63. The number of hydrogen-bond donors (Lipinski definition) is 3. The smallest absolute Gasteiger partial charge is 0.391 e. The van der Waals surface area contributed by atoms with E-state index in [1.807, 2.05) is 0 Å². The van der Waals surface area contributed by atoms with Gasteiger partial charge in [-0.15, -0.1) is 0 Å². The van der Waals surface area contributed by atoms with Crippen LogP contribution in [0.2, 0.25) is 5.02 Å². The van der Waals surface area contributed by atoms with E-state index in [1.54, 1.807) is 51.1 Å². The summed E-state index contributed by atoms with van der Waals surface area (Å²) >= 11 is 6.32. The van der Waals surface area contributed by atoms with Crippen LogP contribution in [0.5, 0.6) is 5.75 Å². The number of rotatable bonds is 9. The second-order valence-corrected chi connectivity index (χ2v) is 12.6. The van der Waals surface area contributed by atoms with Crippen molar-refractivity contribution in [3.63, 3.8) is 0 Å². The van der Waals surface area contributed by atoms with E-state index >= 15 is 0 Å². The zero-order valence-electron chi connectivity index (χ0n) is 24.0. The number of ether oxygens (including phenoxy) is 1. The molecule has 3 N–H and O–H groups in total. The lowest BCUT2D eigenvalue weighted by atomic mass is 9.85. The Bertz CT molecular complexity index is 1310. The molecule has 0 bridgehead atoms. The average molecular weight is 608 g/mol. The lowest BCUT2D eigenvalue weighted by Crippen LogP contribution is -2.40. The molecule has 42 heavy (non-hydrogen) atoms. The summed E-state index contributed by atoms with van der Waals surface area (Å²) in [5.41, 5.74) is 0.837. The van der Waals surface area contributed by atoms with Crippen LogP contribution in [0.25, 0.3) is 0 Å². The average Bonchev–Trinajstić information content (AvgIpc) is 3.75. The van der Waals surface area contributed by atoms with Crippen molar-refractivity contribution in [2.75, 3.05) is 11.9 Å². The van der Waals surface area contributed by atoms with Gasteiger partial charge >= 0.3 is 6.18 Å². The third-order valence-corrected chi connectivity index (χ3v) is 7.92. The highest BCUT2D eigenvalue weighted by molar-refractivity contribution is 6.34. The lowest BCUT2D eigenvalue weighted by Gasteiger charge is -2.30. The Morgan fingerprint density at radius 3 is 2.21 bits per heavy atom. The molecule has 4 rings (SSSR count). The van der Waals surface area contributed by atoms with E-state index in [0.717, 1.165) is 12.8 Å². The van der Waals surface area contributed by atoms with Crippen molar-refractivity contribution >= 4 is 35.0 Å². The van der Waals surface area contributed by atoms with E-state index in [9.17, 15) is 27.6 Å². The molecule has 11 heteroatoms. The molecule has 0 atom stereocenters. The highest BCUT2D eigenvalue weighted by atomic mass is 35.5. The SMILES string of the molecule is CC(C)(C)C(=O)NCc1ccc(Cl)c(C(=O)Nc2ccc(OCC3CC3)c(C(=O)NC3CCC(C(F)(F)F)CC3)c2)c1. The van der Waals surface area contributed by atoms with Crippen LogP contribution in [0.3, 0.4) is 0 Å². The molecule has 0 radical (unpaired) electrons. The molecule has 7 nitrogen and oxygen atoms in total. The Balaban J connectivity index is 1.46. The van der Waals surface area contributed by atoms with E-state index in [0.29, 0.717) is 29.5 Å². The first-order valence-electron chi connectivity index (χ1n) is 14.2. The molecule has 228 valence electrons. The summed E-state index contributed by atoms with van der Waals surface area (Å²) in [6.07, 6.45) is -1.72. The van der Waals surface area contributed by atoms with Crippen molar-refractivity contribution in [1.29, 1.82) is 0 Å². The summed E-state index contributed by atoms with van der Waals surface area (Å²) in [6, 6.07) is 9.23. The van der Waals surface area contributed by atoms with Crippen LogP contribution >= 0.6 is 11.6 Å². The van der Waals surface area contributed by atoms with E-state index in [4.69, 9.17) is 16.3 Å². The highest BCUT2D eigenvalue weighted by Gasteiger charge is 2.41. The van der Waals surface area contributed by atoms with Gasteiger partial charge in [0.2, 0.25) is 5.91 Å². The fourth-order valence-electron chi connectivity index (χ4n) is 4.73. The van der Waals surface area contributed by atoms with E-state index in [-0.39, 0.29) is 60.3 Å². The van der Waals surface area contributed by atoms with Crippen LogP contribution in [0, 0.1) is 17.3 Å². The van der Waals surface area contributed by atoms with Gasteiger partial charge in [0.15, 0.2) is 0 Å². The van der Waals surface area contributed by atoms with Crippen molar-refractivity contribution in [3.8, 4) is 5.75 Å². The maximum atomic E-state index is 13.3. The number of alkyl halides is 3. The molecule has 0 aromatic heterocycles. The Morgan fingerprint density at radius 1 is 0.905 bits per heavy atom. The first kappa shape index (κ1) is 31.7. The fourth-order valence-corrected chi connectivity index (χ4v) is 4.94. The Kier molecular flexibility index (Phi) is 9.75. The van der Waals surface area contributed by atoms with Crippen molar-refractivity contribution in [3.05, 3.63) is 58.1 Å². The molecule has 0 aliphatic heterocycles. The predicted octanol–water partition coefficient (Wildman–Crippen LogP) is 6.89. The minimum Gasteiger partial charge on any atom is -0.492 e. The summed E-state index contributed by atoms with van der Waals surface area (Å²) in [5.74, 6) is -1.68. The van der Waals surface area contributed by atoms with Crippen LogP contribution in [0.4, 0.5) is 18.9 Å². The van der Waals surface area contributed by atoms with Crippen LogP contribution in [0.1, 0.15) is 85.6 Å². The molecule has 2 aromatic rings. The predicted molar refractivity (Wildman–Crippen MR) is 155 cm³/mol. The van der Waals surface area contributed by atoms with E-state index in [2.05, 4.69) is 16.0 Å². The van der Waals surface area contributed by atoms with Gasteiger partial charge in [0.25, 0.3) is 11.8 Å². The van der Waals surface area contributed by atoms with Gasteiger partial charge in [-0.1, -0.05) is 38.4 Å². The van der Waals surface area contributed by atoms with Crippen molar-refractivity contribution < 1.29 is 32.3 Å². The largest absolute Gasteiger partial charge is 0.492 e. The van der Waals surface area contributed by atoms with Gasteiger partial charge in [0.1, 0.15) is 5.75 Å². The standard InChI is InChI=1S/C31H37ClF3N3O4/c1-30(2,3)29(41)36-16-19-6-12-25(32)23(14-19)27(39)38-22-11-13-26(42-17-18-4-5-18)24(15-22)28(40)37-21-9-7-20(8-10-21)31(33,34)35/h6,11-15,18,20-21H,4-5,7-10,16-17H2,1-3H3,(H,36,41)(H,37,40)(H,38,39). The number of anilines is 1. The number of carbonyl (C=O) groups is 3. The highest BCUT2D eigenvalue weighted by Crippen LogP contribution is 2.38. The van der Waals surface area contributed by atoms with Crippen LogP contribution in [0.15, 0.2) is 36.4 Å². The molecule has 2 saturated carbocycles. The van der Waals surface area contributed by atoms with Crippen molar-refractivity contribution in [2.45, 2.75) is 78.1 Å². The van der Waals surface area contributed by atoms with Gasteiger partial charge < -0.3 is 20.7 Å². The van der Waals surface area contributed by atoms with Gasteiger partial charge in [-0.25, -0.2) is 0 Å². The van der Waals surface area contributed by atoms with Gasteiger partial charge in [0.05, 0.1) is 28.7 Å². The second kappa shape index (κ2) is 12.9. The third-order valence-electron chi connectivity index (χ3n) is 7.59. The minimum atomic E-state index is -4.23. The summed E-state index contributed by atoms with van der Waals surface area (Å²) in [4.78, 5) is 38.7. The first-order chi connectivity index (χ1) is 19.7. The van der Waals surface area contributed by atoms with Gasteiger partial charge in [-0.3, -0.25) is 14.4 Å². The van der Waals surface area contributed by atoms with Crippen LogP contribution in [-0.4, -0.2) is 36.5 Å². The molecule has 2 aliphatic carbocycles. The number of benzene rings is 2. The Hall–Kier alpha value is -3.27. The Morgan fingerprint density at radius 2 is 1.60 bits per heavy atom. The number of carbonyl (C=O) groups excluding carboxylic acids is 3. The zero-order chi connectivity index (χ0) is 30.7. The fraction of sp³-hybridized carbons (Fsp3) is 0.516. The molecule has 0 spiro atoms. The van der Waals surface area contributed by atoms with E-state index < -0.39 is 29.3 Å². The normalized spacial score (nSPS) is 19.1. The second-order valence-electron chi connectivity index (χ2n) is 12.2. The number of nitrogens with one attached hydrogen (secondary N) is 3. The molecule has 0 saturated heterocycles. The number of hydrogen-bond acceptors (Lipinski definition) is 4. The minimum absolute atomic E-state index is 0.0325. The van der Waals surface area contributed by atoms with Gasteiger partial charge in [0, 0.05) is 23.7 Å². The summed E-state index contributed by atoms with van der Waals surface area (Å²) in [5, 5.41) is 8.69. The van der Waals surface area contributed by atoms with Crippen LogP contribution < -0.4 is 20.7 Å². The molecule has 0 unspecified atom stereocenters. The number of halogens is 4. The van der Waals surface area contributed by atoms with E-state index in [1.165, 1.54) is 6.07 Å². The molecular weight excluding hydrogens is 571 g/mol. The molecule has 3 amide bonds. The molecule has 2 fully saturated rings. The summed E-state index contributed by atoms with van der Waals surface area (Å²) < 4.78 is 45.1. The Labute approximate surface area is 248 Å². The topological polar surface area (TPSA) is 96.5 Å². The van der Waals surface area contributed by atoms with Crippen LogP contribution in [-0.2, 0) is 11.3 Å². The zero-order valence-corrected chi connectivity index (χ0v) is 24.8.